The van der Waals surface area contributed by atoms with Crippen LogP contribution < -0.4 is 15.1 Å². The van der Waals surface area contributed by atoms with Gasteiger partial charge in [-0.1, -0.05) is 30.3 Å². The average molecular weight is 378 g/mol. The highest BCUT2D eigenvalue weighted by Crippen LogP contribution is 2.19. The predicted molar refractivity (Wildman–Crippen MR) is 111 cm³/mol. The predicted octanol–water partition coefficient (Wildman–Crippen LogP) is 2.71. The third-order valence-electron chi connectivity index (χ3n) is 5.62. The smallest absolute Gasteiger partial charge is 0.282 e. The van der Waals surface area contributed by atoms with Gasteiger partial charge in [0.05, 0.1) is 26.2 Å². The summed E-state index contributed by atoms with van der Waals surface area (Å²) in [5.41, 5.74) is 1.87. The van der Waals surface area contributed by atoms with Crippen molar-refractivity contribution in [1.29, 1.82) is 0 Å². The minimum absolute atomic E-state index is 0.0421. The summed E-state index contributed by atoms with van der Waals surface area (Å²) in [4.78, 5) is 16.3. The largest absolute Gasteiger partial charge is 0.360 e. The van der Waals surface area contributed by atoms with E-state index in [1.165, 1.54) is 17.0 Å². The van der Waals surface area contributed by atoms with Gasteiger partial charge in [-0.2, -0.15) is 0 Å². The number of hydrogen-bond acceptors (Lipinski definition) is 2. The fourth-order valence-corrected chi connectivity index (χ4v) is 3.84. The molecule has 0 bridgehead atoms. The topological polar surface area (TPSA) is 36.8 Å². The van der Waals surface area contributed by atoms with E-state index in [1.54, 1.807) is 0 Å². The zero-order chi connectivity index (χ0) is 19.5. The highest BCUT2D eigenvalue weighted by Gasteiger charge is 2.29. The monoisotopic (exact) mass is 378 g/mol. The lowest BCUT2D eigenvalue weighted by Crippen LogP contribution is -3.19. The third-order valence-corrected chi connectivity index (χ3v) is 5.62. The maximum atomic E-state index is 13.1. The molecule has 3 aromatic carbocycles. The molecule has 1 amide bonds. The fraction of sp³-hybridized carbons (Fsp3) is 0.261. The normalized spacial score (nSPS) is 16.1. The van der Waals surface area contributed by atoms with Gasteiger partial charge in [0.25, 0.3) is 5.91 Å². The molecule has 0 radical (unpaired) electrons. The Morgan fingerprint density at radius 2 is 1.68 bits per heavy atom. The number of carbonyl (C=O) groups excluding carboxylic acids is 1. The Balaban J connectivity index is 1.35. The van der Waals surface area contributed by atoms with Crippen molar-refractivity contribution in [2.24, 2.45) is 0 Å². The van der Waals surface area contributed by atoms with E-state index in [9.17, 15) is 9.18 Å². The SMILES string of the molecule is C[C@@H](C(=O)Nc1ccc2ccccc2c1)[NH+]1CCN(c2ccc(F)cc2)CC1. The molecule has 0 saturated carbocycles. The van der Waals surface area contributed by atoms with Gasteiger partial charge in [-0.15, -0.1) is 0 Å². The third kappa shape index (κ3) is 3.99. The van der Waals surface area contributed by atoms with E-state index in [2.05, 4.69) is 16.3 Å². The summed E-state index contributed by atoms with van der Waals surface area (Å²) in [5, 5.41) is 5.35. The van der Waals surface area contributed by atoms with Crippen LogP contribution in [-0.2, 0) is 4.79 Å². The Bertz CT molecular complexity index is 965. The van der Waals surface area contributed by atoms with Crippen LogP contribution in [0.1, 0.15) is 6.92 Å². The first-order valence-corrected chi connectivity index (χ1v) is 9.75. The number of quaternary nitrogens is 1. The maximum absolute atomic E-state index is 13.1. The average Bonchev–Trinajstić information content (AvgIpc) is 2.74. The second-order valence-electron chi connectivity index (χ2n) is 7.39. The molecule has 1 saturated heterocycles. The molecule has 1 heterocycles. The van der Waals surface area contributed by atoms with Gasteiger partial charge in [0.15, 0.2) is 6.04 Å². The van der Waals surface area contributed by atoms with Crippen LogP contribution in [0.4, 0.5) is 15.8 Å². The van der Waals surface area contributed by atoms with Crippen LogP contribution in [0.25, 0.3) is 10.8 Å². The van der Waals surface area contributed by atoms with E-state index in [0.717, 1.165) is 48.3 Å². The van der Waals surface area contributed by atoms with Crippen LogP contribution in [0.5, 0.6) is 0 Å². The number of carbonyl (C=O) groups is 1. The molecule has 1 fully saturated rings. The zero-order valence-electron chi connectivity index (χ0n) is 16.0. The van der Waals surface area contributed by atoms with E-state index >= 15 is 0 Å². The van der Waals surface area contributed by atoms with Gasteiger partial charge in [0.1, 0.15) is 5.82 Å². The molecule has 5 heteroatoms. The Hall–Kier alpha value is -2.92. The van der Waals surface area contributed by atoms with Crippen LogP contribution >= 0.6 is 0 Å². The lowest BCUT2D eigenvalue weighted by atomic mass is 10.1. The Kier molecular flexibility index (Phi) is 5.26. The van der Waals surface area contributed by atoms with Crippen LogP contribution in [0.3, 0.4) is 0 Å². The second-order valence-corrected chi connectivity index (χ2v) is 7.39. The van der Waals surface area contributed by atoms with Gasteiger partial charge in [-0.25, -0.2) is 4.39 Å². The van der Waals surface area contributed by atoms with Crippen molar-refractivity contribution >= 4 is 28.1 Å². The Morgan fingerprint density at radius 3 is 2.39 bits per heavy atom. The minimum Gasteiger partial charge on any atom is -0.360 e. The molecule has 28 heavy (non-hydrogen) atoms. The van der Waals surface area contributed by atoms with Gasteiger partial charge >= 0.3 is 0 Å². The van der Waals surface area contributed by atoms with Crippen molar-refractivity contribution in [3.05, 3.63) is 72.5 Å². The summed E-state index contributed by atoms with van der Waals surface area (Å²) in [6, 6.07) is 20.6. The quantitative estimate of drug-likeness (QED) is 0.733. The second kappa shape index (κ2) is 7.98. The summed E-state index contributed by atoms with van der Waals surface area (Å²) in [6.45, 7) is 5.45. The molecule has 144 valence electrons. The van der Waals surface area contributed by atoms with Gasteiger partial charge in [-0.3, -0.25) is 4.79 Å². The molecule has 4 rings (SSSR count). The molecule has 1 atom stereocenters. The standard InChI is InChI=1S/C23H24FN3O/c1-17(23(28)25-21-9-6-18-4-2-3-5-19(18)16-21)26-12-14-27(15-13-26)22-10-7-20(24)8-11-22/h2-11,16-17H,12-15H2,1H3,(H,25,28)/p+1/t17-/m0/s1. The molecule has 0 aliphatic carbocycles. The first kappa shape index (κ1) is 18.4. The van der Waals surface area contributed by atoms with Crippen LogP contribution in [0, 0.1) is 5.82 Å². The summed E-state index contributed by atoms with van der Waals surface area (Å²) in [6.07, 6.45) is 0. The number of nitrogens with zero attached hydrogens (tertiary/aromatic N) is 1. The van der Waals surface area contributed by atoms with Gasteiger partial charge in [-0.05, 0) is 54.1 Å². The van der Waals surface area contributed by atoms with Crippen LogP contribution in [0.2, 0.25) is 0 Å². The van der Waals surface area contributed by atoms with Gasteiger partial charge in [0.2, 0.25) is 0 Å². The van der Waals surface area contributed by atoms with Crippen molar-refractivity contribution in [1.82, 2.24) is 0 Å². The first-order valence-electron chi connectivity index (χ1n) is 9.75. The summed E-state index contributed by atoms with van der Waals surface area (Å²) < 4.78 is 13.1. The van der Waals surface area contributed by atoms with E-state index in [0.29, 0.717) is 0 Å². The van der Waals surface area contributed by atoms with Crippen LogP contribution in [0.15, 0.2) is 66.7 Å². The van der Waals surface area contributed by atoms with Crippen molar-refractivity contribution < 1.29 is 14.1 Å². The lowest BCUT2D eigenvalue weighted by molar-refractivity contribution is -0.914. The molecule has 2 N–H and O–H groups in total. The Morgan fingerprint density at radius 1 is 1.00 bits per heavy atom. The summed E-state index contributed by atoms with van der Waals surface area (Å²) in [5.74, 6) is -0.174. The molecular formula is C23H25FN3O+. The highest BCUT2D eigenvalue weighted by atomic mass is 19.1. The van der Waals surface area contributed by atoms with Gasteiger partial charge in [0, 0.05) is 11.4 Å². The van der Waals surface area contributed by atoms with Crippen molar-refractivity contribution in [2.75, 3.05) is 36.4 Å². The van der Waals surface area contributed by atoms with Crippen LogP contribution in [-0.4, -0.2) is 38.1 Å². The minimum atomic E-state index is -0.216. The van der Waals surface area contributed by atoms with E-state index < -0.39 is 0 Å². The van der Waals surface area contributed by atoms with Crippen molar-refractivity contribution in [2.45, 2.75) is 13.0 Å². The number of piperazine rings is 1. The molecular weight excluding hydrogens is 353 g/mol. The van der Waals surface area contributed by atoms with E-state index in [4.69, 9.17) is 0 Å². The number of fused-ring (bicyclic) bond motifs is 1. The molecule has 0 spiro atoms. The van der Waals surface area contributed by atoms with Gasteiger partial charge < -0.3 is 15.1 Å². The molecule has 3 aromatic rings. The van der Waals surface area contributed by atoms with Crippen molar-refractivity contribution in [3.8, 4) is 0 Å². The molecule has 0 aromatic heterocycles. The number of amides is 1. The highest BCUT2D eigenvalue weighted by molar-refractivity contribution is 5.96. The lowest BCUT2D eigenvalue weighted by Gasteiger charge is -2.36. The molecule has 4 nitrogen and oxygen atoms in total. The van der Waals surface area contributed by atoms with E-state index in [-0.39, 0.29) is 17.8 Å². The Labute approximate surface area is 164 Å². The number of anilines is 2. The molecule has 1 aliphatic heterocycles. The number of nitrogens with one attached hydrogen (secondary N) is 2. The fourth-order valence-electron chi connectivity index (χ4n) is 3.84. The summed E-state index contributed by atoms with van der Waals surface area (Å²) in [7, 11) is 0. The van der Waals surface area contributed by atoms with Crippen molar-refractivity contribution in [3.63, 3.8) is 0 Å². The molecule has 0 unspecified atom stereocenters. The number of benzene rings is 3. The summed E-state index contributed by atoms with van der Waals surface area (Å²) >= 11 is 0. The maximum Gasteiger partial charge on any atom is 0.282 e. The first-order chi connectivity index (χ1) is 13.6. The number of rotatable bonds is 4. The molecule has 1 aliphatic rings. The number of halogens is 1. The van der Waals surface area contributed by atoms with E-state index in [1.807, 2.05) is 55.5 Å². The zero-order valence-corrected chi connectivity index (χ0v) is 16.0. The number of hydrogen-bond donors (Lipinski definition) is 2.